The molecule has 0 unspecified atom stereocenters. The zero-order valence-electron chi connectivity index (χ0n) is 25.7. The van der Waals surface area contributed by atoms with Gasteiger partial charge in [0.2, 0.25) is 11.8 Å². The van der Waals surface area contributed by atoms with Gasteiger partial charge in [-0.3, -0.25) is 9.59 Å². The summed E-state index contributed by atoms with van der Waals surface area (Å²) in [5.41, 5.74) is 6.96. The number of likely N-dealkylation sites (N-methyl/N-ethyl adjacent to an activating group) is 1. The number of fused-ring (bicyclic) bond motifs is 1. The second-order valence-corrected chi connectivity index (χ2v) is 12.3. The molecule has 4 rings (SSSR count). The van der Waals surface area contributed by atoms with Crippen molar-refractivity contribution < 1.29 is 19.1 Å². The fourth-order valence-corrected chi connectivity index (χ4v) is 5.59. The highest BCUT2D eigenvalue weighted by molar-refractivity contribution is 5.93. The van der Waals surface area contributed by atoms with Gasteiger partial charge in [-0.2, -0.15) is 0 Å². The normalized spacial score (nSPS) is 15.7. The molecule has 0 spiro atoms. The molecule has 1 heterocycles. The van der Waals surface area contributed by atoms with E-state index in [1.807, 2.05) is 74.5 Å². The van der Waals surface area contributed by atoms with E-state index in [-0.39, 0.29) is 11.8 Å². The summed E-state index contributed by atoms with van der Waals surface area (Å²) in [5, 5.41) is 4.77. The highest BCUT2D eigenvalue weighted by Gasteiger charge is 2.41. The maximum absolute atomic E-state index is 14.2. The van der Waals surface area contributed by atoms with E-state index in [4.69, 9.17) is 10.5 Å². The second-order valence-electron chi connectivity index (χ2n) is 12.3. The molecule has 1 fully saturated rings. The summed E-state index contributed by atoms with van der Waals surface area (Å²) < 4.78 is 5.94. The lowest BCUT2D eigenvalue weighted by Crippen LogP contribution is -2.56. The molecule has 3 aromatic rings. The van der Waals surface area contributed by atoms with Crippen LogP contribution in [-0.4, -0.2) is 72.1 Å². The molecular formula is C35H44N4O4. The number of amides is 3. The molecule has 0 bridgehead atoms. The minimum absolute atomic E-state index is 0.121. The Morgan fingerprint density at radius 2 is 1.65 bits per heavy atom. The molecule has 1 saturated heterocycles. The number of rotatable bonds is 10. The van der Waals surface area contributed by atoms with Crippen LogP contribution in [0, 0.1) is 0 Å². The Morgan fingerprint density at radius 1 is 1.00 bits per heavy atom. The first-order valence-electron chi connectivity index (χ1n) is 14.9. The minimum Gasteiger partial charge on any atom is -0.442 e. The van der Waals surface area contributed by atoms with E-state index in [0.29, 0.717) is 45.2 Å². The summed E-state index contributed by atoms with van der Waals surface area (Å²) in [6.07, 6.45) is 5.25. The standard InChI is InChI=1S/C35H44N4O4/c1-34(2,36)18-10-15-31(40)38(4)30(24-27-16-17-28-13-8-9-14-29(28)23-27)32(41)39-21-19-35(20-22-39,43-33(42)37-3)25-26-11-6-5-7-12-26/h5-17,23,30H,18-22,24-25,36H2,1-4H3,(H,37,42)/b15-10+/t30-/m1/s1. The van der Waals surface area contributed by atoms with Crippen LogP contribution in [0.25, 0.3) is 10.8 Å². The average molecular weight is 585 g/mol. The summed E-state index contributed by atoms with van der Waals surface area (Å²) in [5.74, 6) is -0.369. The Morgan fingerprint density at radius 3 is 2.30 bits per heavy atom. The van der Waals surface area contributed by atoms with E-state index in [1.54, 1.807) is 25.1 Å². The largest absolute Gasteiger partial charge is 0.442 e. The number of carbonyl (C=O) groups is 3. The van der Waals surface area contributed by atoms with Crippen molar-refractivity contribution in [1.29, 1.82) is 0 Å². The number of benzene rings is 3. The van der Waals surface area contributed by atoms with Gasteiger partial charge in [0.1, 0.15) is 11.6 Å². The first kappa shape index (κ1) is 31.8. The van der Waals surface area contributed by atoms with Gasteiger partial charge in [0.15, 0.2) is 0 Å². The van der Waals surface area contributed by atoms with E-state index in [9.17, 15) is 14.4 Å². The highest BCUT2D eigenvalue weighted by Crippen LogP contribution is 2.31. The molecule has 0 radical (unpaired) electrons. The van der Waals surface area contributed by atoms with Crippen molar-refractivity contribution >= 4 is 28.7 Å². The fraction of sp³-hybridized carbons (Fsp3) is 0.400. The van der Waals surface area contributed by atoms with Crippen molar-refractivity contribution in [3.63, 3.8) is 0 Å². The first-order chi connectivity index (χ1) is 20.5. The van der Waals surface area contributed by atoms with E-state index in [0.717, 1.165) is 21.9 Å². The molecule has 3 N–H and O–H groups in total. The molecular weight excluding hydrogens is 540 g/mol. The molecule has 1 aliphatic rings. The number of nitrogens with one attached hydrogen (secondary N) is 1. The third-order valence-corrected chi connectivity index (χ3v) is 8.12. The number of ether oxygens (including phenoxy) is 1. The molecule has 1 aliphatic heterocycles. The predicted molar refractivity (Wildman–Crippen MR) is 170 cm³/mol. The van der Waals surface area contributed by atoms with Crippen molar-refractivity contribution in [1.82, 2.24) is 15.1 Å². The Bertz CT molecular complexity index is 1440. The lowest BCUT2D eigenvalue weighted by molar-refractivity contribution is -0.145. The SMILES string of the molecule is CNC(=O)OC1(Cc2ccccc2)CCN(C(=O)[C@@H](Cc2ccc3ccccc3c2)N(C)C(=O)/C=C/CC(C)(C)N)CC1. The number of nitrogens with zero attached hydrogens (tertiary/aromatic N) is 2. The van der Waals surface area contributed by atoms with E-state index in [2.05, 4.69) is 17.4 Å². The molecule has 0 saturated carbocycles. The van der Waals surface area contributed by atoms with E-state index in [1.165, 1.54) is 11.0 Å². The number of alkyl carbamates (subject to hydrolysis) is 1. The van der Waals surface area contributed by atoms with E-state index >= 15 is 0 Å². The van der Waals surface area contributed by atoms with Gasteiger partial charge in [0.05, 0.1) is 0 Å². The number of nitrogens with two attached hydrogens (primary N) is 1. The molecule has 0 aliphatic carbocycles. The van der Waals surface area contributed by atoms with Crippen molar-refractivity contribution in [3.8, 4) is 0 Å². The maximum Gasteiger partial charge on any atom is 0.407 e. The van der Waals surface area contributed by atoms with Crippen LogP contribution < -0.4 is 11.1 Å². The topological polar surface area (TPSA) is 105 Å². The van der Waals surface area contributed by atoms with Crippen LogP contribution in [0.1, 0.15) is 44.2 Å². The number of piperidine rings is 1. The molecule has 0 aromatic heterocycles. The number of hydrogen-bond donors (Lipinski definition) is 2. The highest BCUT2D eigenvalue weighted by atomic mass is 16.6. The van der Waals surface area contributed by atoms with Crippen LogP contribution in [0.4, 0.5) is 4.79 Å². The third kappa shape index (κ3) is 8.67. The summed E-state index contributed by atoms with van der Waals surface area (Å²) in [6.45, 7) is 4.63. The zero-order valence-corrected chi connectivity index (χ0v) is 25.7. The number of likely N-dealkylation sites (tertiary alicyclic amines) is 1. The number of carbonyl (C=O) groups excluding carboxylic acids is 3. The summed E-state index contributed by atoms with van der Waals surface area (Å²) >= 11 is 0. The van der Waals surface area contributed by atoms with Crippen molar-refractivity contribution in [3.05, 3.63) is 96.1 Å². The zero-order chi connectivity index (χ0) is 31.0. The molecule has 3 aromatic carbocycles. The van der Waals surface area contributed by atoms with E-state index < -0.39 is 23.3 Å². The van der Waals surface area contributed by atoms with Gasteiger partial charge in [0.25, 0.3) is 0 Å². The fourth-order valence-electron chi connectivity index (χ4n) is 5.59. The second kappa shape index (κ2) is 13.9. The van der Waals surface area contributed by atoms with Crippen LogP contribution in [-0.2, 0) is 27.2 Å². The van der Waals surface area contributed by atoms with Crippen molar-refractivity contribution in [2.24, 2.45) is 5.73 Å². The Labute approximate surface area is 254 Å². The molecule has 228 valence electrons. The van der Waals surface area contributed by atoms with Gasteiger partial charge in [-0.15, -0.1) is 0 Å². The summed E-state index contributed by atoms with van der Waals surface area (Å²) in [6, 6.07) is 23.5. The van der Waals surface area contributed by atoms with Crippen LogP contribution in [0.2, 0.25) is 0 Å². The van der Waals surface area contributed by atoms with Crippen LogP contribution in [0.5, 0.6) is 0 Å². The van der Waals surface area contributed by atoms with Crippen molar-refractivity contribution in [2.45, 2.75) is 63.1 Å². The summed E-state index contributed by atoms with van der Waals surface area (Å²) in [7, 11) is 3.23. The molecule has 8 heteroatoms. The van der Waals surface area contributed by atoms with Gasteiger partial charge in [-0.1, -0.05) is 78.9 Å². The van der Waals surface area contributed by atoms with Crippen LogP contribution >= 0.6 is 0 Å². The van der Waals surface area contributed by atoms with Gasteiger partial charge in [-0.05, 0) is 48.2 Å². The van der Waals surface area contributed by atoms with Crippen molar-refractivity contribution in [2.75, 3.05) is 27.2 Å². The van der Waals surface area contributed by atoms with Gasteiger partial charge in [-0.25, -0.2) is 4.79 Å². The third-order valence-electron chi connectivity index (χ3n) is 8.12. The minimum atomic E-state index is -0.731. The molecule has 1 atom stereocenters. The monoisotopic (exact) mass is 584 g/mol. The predicted octanol–water partition coefficient (Wildman–Crippen LogP) is 4.85. The Balaban J connectivity index is 1.55. The smallest absolute Gasteiger partial charge is 0.407 e. The Hall–Kier alpha value is -4.17. The van der Waals surface area contributed by atoms with Crippen LogP contribution in [0.15, 0.2) is 84.9 Å². The van der Waals surface area contributed by atoms with Crippen LogP contribution in [0.3, 0.4) is 0 Å². The molecule has 3 amide bonds. The first-order valence-corrected chi connectivity index (χ1v) is 14.9. The number of hydrogen-bond acceptors (Lipinski definition) is 5. The molecule has 8 nitrogen and oxygen atoms in total. The van der Waals surface area contributed by atoms with Gasteiger partial charge >= 0.3 is 6.09 Å². The maximum atomic E-state index is 14.2. The van der Waals surface area contributed by atoms with Gasteiger partial charge in [0, 0.05) is 58.4 Å². The lowest BCUT2D eigenvalue weighted by Gasteiger charge is -2.42. The molecule has 43 heavy (non-hydrogen) atoms. The summed E-state index contributed by atoms with van der Waals surface area (Å²) in [4.78, 5) is 43.1. The van der Waals surface area contributed by atoms with Gasteiger partial charge < -0.3 is 25.6 Å². The Kier molecular flexibility index (Phi) is 10.2. The lowest BCUT2D eigenvalue weighted by atomic mass is 9.84. The quantitative estimate of drug-likeness (QED) is 0.332. The average Bonchev–Trinajstić information content (AvgIpc) is 2.99.